The minimum absolute atomic E-state index is 0.133. The van der Waals surface area contributed by atoms with Crippen molar-refractivity contribution in [2.75, 3.05) is 19.0 Å². The number of rotatable bonds is 5. The summed E-state index contributed by atoms with van der Waals surface area (Å²) in [4.78, 5) is 58.0. The van der Waals surface area contributed by atoms with Crippen molar-refractivity contribution < 1.29 is 23.6 Å². The summed E-state index contributed by atoms with van der Waals surface area (Å²) >= 11 is 0. The monoisotopic (exact) mass is 585 g/mol. The first-order valence-electron chi connectivity index (χ1n) is 15.5. The molecule has 1 aromatic carbocycles. The summed E-state index contributed by atoms with van der Waals surface area (Å²) in [6.07, 6.45) is 3.38. The molecule has 3 aliphatic rings. The third-order valence-corrected chi connectivity index (χ3v) is 10.9. The topological polar surface area (TPSA) is 84.7 Å². The number of ketones is 4. The molecule has 6 nitrogen and oxygen atoms in total. The Morgan fingerprint density at radius 1 is 1.05 bits per heavy atom. The van der Waals surface area contributed by atoms with E-state index < -0.39 is 27.9 Å². The predicted molar refractivity (Wildman–Crippen MR) is 169 cm³/mol. The minimum atomic E-state index is -1.44. The minimum Gasteiger partial charge on any atom is -0.461 e. The zero-order valence-electron chi connectivity index (χ0n) is 27.8. The van der Waals surface area contributed by atoms with E-state index in [1.165, 1.54) is 6.92 Å². The van der Waals surface area contributed by atoms with Crippen LogP contribution in [0, 0.1) is 34.5 Å². The van der Waals surface area contributed by atoms with Crippen LogP contribution < -0.4 is 4.90 Å². The molecule has 0 saturated heterocycles. The van der Waals surface area contributed by atoms with E-state index in [9.17, 15) is 19.2 Å². The number of aryl methyl sites for hydroxylation is 1. The van der Waals surface area contributed by atoms with E-state index in [4.69, 9.17) is 4.42 Å². The van der Waals surface area contributed by atoms with E-state index in [2.05, 4.69) is 26.8 Å². The van der Waals surface area contributed by atoms with Gasteiger partial charge in [-0.3, -0.25) is 19.2 Å². The third-order valence-electron chi connectivity index (χ3n) is 10.9. The number of nitrogens with zero attached hydrogens (tertiary/aromatic N) is 1. The molecular weight excluding hydrogens is 538 g/mol. The van der Waals surface area contributed by atoms with Gasteiger partial charge in [0.05, 0.1) is 16.9 Å². The Morgan fingerprint density at radius 3 is 2.28 bits per heavy atom. The number of hydrogen-bond acceptors (Lipinski definition) is 6. The summed E-state index contributed by atoms with van der Waals surface area (Å²) in [7, 11) is 3.96. The highest BCUT2D eigenvalue weighted by atomic mass is 16.3. The SMILES string of the molecule is CC(=O)C1=C(C)CC2(C)CC3(C)Cc4c(N(C)C)cc(-c5ccc(CCC(C)(C)C)o5)c(C)c4C(=O)C3C(=O)C2(C)C1=O. The van der Waals surface area contributed by atoms with Gasteiger partial charge in [-0.05, 0) is 98.9 Å². The van der Waals surface area contributed by atoms with Gasteiger partial charge in [0.1, 0.15) is 11.5 Å². The van der Waals surface area contributed by atoms with Crippen molar-refractivity contribution in [1.82, 2.24) is 0 Å². The molecule has 0 amide bonds. The van der Waals surface area contributed by atoms with Crippen molar-refractivity contribution >= 4 is 28.8 Å². The van der Waals surface area contributed by atoms with E-state index in [0.717, 1.165) is 46.6 Å². The lowest BCUT2D eigenvalue weighted by atomic mass is 9.40. The smallest absolute Gasteiger partial charge is 0.180 e. The van der Waals surface area contributed by atoms with Gasteiger partial charge in [-0.25, -0.2) is 0 Å². The summed E-state index contributed by atoms with van der Waals surface area (Å²) in [5.74, 6) is -0.647. The van der Waals surface area contributed by atoms with E-state index in [0.29, 0.717) is 30.6 Å². The van der Waals surface area contributed by atoms with E-state index >= 15 is 0 Å². The molecule has 0 bridgehead atoms. The van der Waals surface area contributed by atoms with Gasteiger partial charge >= 0.3 is 0 Å². The Balaban J connectivity index is 1.65. The number of hydrogen-bond donors (Lipinski definition) is 0. The average molecular weight is 586 g/mol. The van der Waals surface area contributed by atoms with Gasteiger partial charge in [0, 0.05) is 37.3 Å². The van der Waals surface area contributed by atoms with Gasteiger partial charge < -0.3 is 9.32 Å². The Kier molecular flexibility index (Phi) is 7.15. The number of allylic oxidation sites excluding steroid dienone is 2. The molecule has 1 aromatic heterocycles. The van der Waals surface area contributed by atoms with Crippen LogP contribution in [0.15, 0.2) is 33.8 Å². The largest absolute Gasteiger partial charge is 0.461 e. The quantitative estimate of drug-likeness (QED) is 0.266. The third kappa shape index (κ3) is 4.58. The van der Waals surface area contributed by atoms with Crippen LogP contribution in [0.2, 0.25) is 0 Å². The van der Waals surface area contributed by atoms with Crippen LogP contribution in [0.4, 0.5) is 5.69 Å². The van der Waals surface area contributed by atoms with Crippen molar-refractivity contribution in [3.8, 4) is 11.3 Å². The maximum Gasteiger partial charge on any atom is 0.180 e. The molecule has 5 rings (SSSR count). The van der Waals surface area contributed by atoms with Gasteiger partial charge in [0.15, 0.2) is 23.1 Å². The van der Waals surface area contributed by atoms with Crippen molar-refractivity contribution in [3.63, 3.8) is 0 Å². The zero-order chi connectivity index (χ0) is 32.0. The summed E-state index contributed by atoms with van der Waals surface area (Å²) < 4.78 is 6.33. The molecule has 6 heteroatoms. The molecule has 4 atom stereocenters. The van der Waals surface area contributed by atoms with Gasteiger partial charge in [-0.2, -0.15) is 0 Å². The van der Waals surface area contributed by atoms with Crippen molar-refractivity contribution in [1.29, 1.82) is 0 Å². The van der Waals surface area contributed by atoms with Crippen LogP contribution in [-0.2, 0) is 27.2 Å². The normalized spacial score (nSPS) is 28.9. The second kappa shape index (κ2) is 9.87. The molecule has 1 fully saturated rings. The molecule has 0 spiro atoms. The Bertz CT molecular complexity index is 1610. The van der Waals surface area contributed by atoms with E-state index in [1.807, 2.05) is 58.8 Å². The maximum atomic E-state index is 14.7. The van der Waals surface area contributed by atoms with Crippen LogP contribution in [0.25, 0.3) is 11.3 Å². The first kappa shape index (κ1) is 31.2. The highest BCUT2D eigenvalue weighted by Gasteiger charge is 2.69. The number of benzene rings is 1. The zero-order valence-corrected chi connectivity index (χ0v) is 27.8. The highest BCUT2D eigenvalue weighted by Crippen LogP contribution is 2.65. The second-order valence-electron chi connectivity index (χ2n) is 15.7. The van der Waals surface area contributed by atoms with Gasteiger partial charge in [-0.1, -0.05) is 40.2 Å². The molecule has 3 aliphatic carbocycles. The Morgan fingerprint density at radius 2 is 1.70 bits per heavy atom. The van der Waals surface area contributed by atoms with Gasteiger partial charge in [-0.15, -0.1) is 0 Å². The molecule has 4 unspecified atom stereocenters. The first-order valence-corrected chi connectivity index (χ1v) is 15.5. The molecule has 43 heavy (non-hydrogen) atoms. The Labute approximate surface area is 256 Å². The molecule has 230 valence electrons. The summed E-state index contributed by atoms with van der Waals surface area (Å²) in [6.45, 7) is 17.5. The predicted octanol–water partition coefficient (Wildman–Crippen LogP) is 7.52. The maximum absolute atomic E-state index is 14.7. The van der Waals surface area contributed by atoms with Gasteiger partial charge in [0.25, 0.3) is 0 Å². The number of furan rings is 1. The molecule has 2 aromatic rings. The fraction of sp³-hybridized carbons (Fsp3) is 0.568. The van der Waals surface area contributed by atoms with E-state index in [1.54, 1.807) is 6.92 Å². The Hall–Kier alpha value is -3.28. The lowest BCUT2D eigenvalue weighted by Gasteiger charge is -2.60. The highest BCUT2D eigenvalue weighted by molar-refractivity contribution is 6.31. The van der Waals surface area contributed by atoms with Crippen LogP contribution in [0.3, 0.4) is 0 Å². The van der Waals surface area contributed by atoms with Crippen molar-refractivity contribution in [2.24, 2.45) is 27.6 Å². The van der Waals surface area contributed by atoms with Crippen molar-refractivity contribution in [3.05, 3.63) is 51.8 Å². The van der Waals surface area contributed by atoms with Crippen molar-refractivity contribution in [2.45, 2.75) is 94.4 Å². The molecule has 0 aliphatic heterocycles. The molecule has 1 saturated carbocycles. The summed E-state index contributed by atoms with van der Waals surface area (Å²) in [5.41, 5.74) is 2.36. The number of fused-ring (bicyclic) bond motifs is 3. The molecular formula is C37H47NO5. The first-order chi connectivity index (χ1) is 19.8. The van der Waals surface area contributed by atoms with Crippen LogP contribution >= 0.6 is 0 Å². The summed E-state index contributed by atoms with van der Waals surface area (Å²) in [6, 6.07) is 6.10. The molecule has 0 radical (unpaired) electrons. The fourth-order valence-electron chi connectivity index (χ4n) is 8.57. The van der Waals surface area contributed by atoms with Gasteiger partial charge in [0.2, 0.25) is 0 Å². The standard InChI is InChI=1S/C37H47NO5/c1-20-17-36(8)19-35(7)18-25-26(38(10)11)16-24(27-13-12-23(43-27)14-15-34(4,5)6)21(2)29(25)31(40)30(35)33(42)37(36,9)32(41)28(20)22(3)39/h12-13,16,30H,14-15,17-19H2,1-11H3. The lowest BCUT2D eigenvalue weighted by Crippen LogP contribution is -2.65. The van der Waals surface area contributed by atoms with Crippen LogP contribution in [0.5, 0.6) is 0 Å². The number of Topliss-reactive ketones (excluding diaryl/α,β-unsaturated/α-hetero) is 4. The van der Waals surface area contributed by atoms with E-state index in [-0.39, 0.29) is 28.3 Å². The molecule has 0 N–H and O–H groups in total. The van der Waals surface area contributed by atoms with Crippen LogP contribution in [-0.4, -0.2) is 37.2 Å². The molecule has 1 heterocycles. The fourth-order valence-corrected chi connectivity index (χ4v) is 8.57. The lowest BCUT2D eigenvalue weighted by molar-refractivity contribution is -0.163. The van der Waals surface area contributed by atoms with Crippen LogP contribution in [0.1, 0.15) is 102 Å². The number of carbonyl (C=O) groups excluding carboxylic acids is 4. The number of carbonyl (C=O) groups is 4. The second-order valence-corrected chi connectivity index (χ2v) is 15.7. The number of anilines is 1. The summed E-state index contributed by atoms with van der Waals surface area (Å²) in [5, 5.41) is 0. The average Bonchev–Trinajstić information content (AvgIpc) is 3.33.